The van der Waals surface area contributed by atoms with Gasteiger partial charge < -0.3 is 10.1 Å². The van der Waals surface area contributed by atoms with Gasteiger partial charge in [-0.25, -0.2) is 8.78 Å². The summed E-state index contributed by atoms with van der Waals surface area (Å²) in [7, 11) is 3.37. The summed E-state index contributed by atoms with van der Waals surface area (Å²) in [6.45, 7) is 0. The first-order valence-electron chi connectivity index (χ1n) is 6.49. The van der Waals surface area contributed by atoms with Crippen LogP contribution in [0.4, 0.5) is 8.78 Å². The number of methoxy groups -OCH3 is 1. The molecule has 0 fully saturated rings. The van der Waals surface area contributed by atoms with E-state index in [-0.39, 0.29) is 6.04 Å². The lowest BCUT2D eigenvalue weighted by atomic mass is 9.97. The molecule has 0 heterocycles. The summed E-state index contributed by atoms with van der Waals surface area (Å²) in [5.41, 5.74) is 1.23. The number of ether oxygens (including phenoxy) is 1. The van der Waals surface area contributed by atoms with Crippen LogP contribution in [0.15, 0.2) is 40.9 Å². The third-order valence-electron chi connectivity index (χ3n) is 3.35. The molecule has 2 aromatic carbocycles. The number of hydrogen-bond donors (Lipinski definition) is 1. The molecule has 2 aromatic rings. The van der Waals surface area contributed by atoms with Gasteiger partial charge in [0.15, 0.2) is 0 Å². The topological polar surface area (TPSA) is 21.3 Å². The maximum atomic E-state index is 13.8. The average Bonchev–Trinajstić information content (AvgIpc) is 2.48. The average molecular weight is 356 g/mol. The van der Waals surface area contributed by atoms with Crippen LogP contribution >= 0.6 is 15.9 Å². The van der Waals surface area contributed by atoms with Gasteiger partial charge in [-0.3, -0.25) is 0 Å². The molecule has 0 aliphatic rings. The smallest absolute Gasteiger partial charge is 0.126 e. The molecule has 0 aliphatic carbocycles. The monoisotopic (exact) mass is 355 g/mol. The summed E-state index contributed by atoms with van der Waals surface area (Å²) in [6, 6.07) is 8.96. The summed E-state index contributed by atoms with van der Waals surface area (Å²) in [5.74, 6) is -0.155. The Morgan fingerprint density at radius 2 is 1.95 bits per heavy atom. The quantitative estimate of drug-likeness (QED) is 0.865. The molecule has 2 rings (SSSR count). The molecule has 5 heteroatoms. The standard InChI is InChI=1S/C16H16BrF2NO/c1-20-15(8-10-7-12(18)4-6-14(10)19)13-5-3-11(17)9-16(13)21-2/h3-7,9,15,20H,8H2,1-2H3. The first-order chi connectivity index (χ1) is 10.0. The Balaban J connectivity index is 2.34. The molecule has 112 valence electrons. The van der Waals surface area contributed by atoms with Gasteiger partial charge in [0.05, 0.1) is 7.11 Å². The summed E-state index contributed by atoms with van der Waals surface area (Å²) >= 11 is 3.39. The van der Waals surface area contributed by atoms with Crippen molar-refractivity contribution in [2.45, 2.75) is 12.5 Å². The number of likely N-dealkylation sites (N-methyl/N-ethyl adjacent to an activating group) is 1. The van der Waals surface area contributed by atoms with E-state index in [0.717, 1.165) is 22.2 Å². The fourth-order valence-electron chi connectivity index (χ4n) is 2.26. The summed E-state index contributed by atoms with van der Waals surface area (Å²) in [5, 5.41) is 3.12. The molecular formula is C16H16BrF2NO. The van der Waals surface area contributed by atoms with Crippen molar-refractivity contribution in [3.05, 3.63) is 63.6 Å². The van der Waals surface area contributed by atoms with Gasteiger partial charge in [-0.1, -0.05) is 22.0 Å². The molecule has 1 atom stereocenters. The Labute approximate surface area is 131 Å². The highest BCUT2D eigenvalue weighted by molar-refractivity contribution is 9.10. The fraction of sp³-hybridized carbons (Fsp3) is 0.250. The van der Waals surface area contributed by atoms with Crippen LogP contribution in [0, 0.1) is 11.6 Å². The zero-order valence-electron chi connectivity index (χ0n) is 11.8. The zero-order chi connectivity index (χ0) is 15.4. The molecule has 0 saturated carbocycles. The van der Waals surface area contributed by atoms with Crippen molar-refractivity contribution in [3.8, 4) is 5.75 Å². The zero-order valence-corrected chi connectivity index (χ0v) is 13.4. The van der Waals surface area contributed by atoms with E-state index in [1.54, 1.807) is 14.2 Å². The van der Waals surface area contributed by atoms with Crippen molar-refractivity contribution in [2.24, 2.45) is 0 Å². The van der Waals surface area contributed by atoms with Crippen molar-refractivity contribution in [2.75, 3.05) is 14.2 Å². The van der Waals surface area contributed by atoms with Crippen LogP contribution in [0.25, 0.3) is 0 Å². The van der Waals surface area contributed by atoms with Crippen LogP contribution in [-0.2, 0) is 6.42 Å². The van der Waals surface area contributed by atoms with Gasteiger partial charge in [0.1, 0.15) is 17.4 Å². The number of nitrogens with one attached hydrogen (secondary N) is 1. The SMILES string of the molecule is CNC(Cc1cc(F)ccc1F)c1ccc(Br)cc1OC. The molecule has 0 spiro atoms. The molecule has 0 saturated heterocycles. The molecule has 21 heavy (non-hydrogen) atoms. The maximum absolute atomic E-state index is 13.8. The van der Waals surface area contributed by atoms with Crippen LogP contribution in [0.1, 0.15) is 17.2 Å². The minimum atomic E-state index is -0.441. The van der Waals surface area contributed by atoms with Crippen LogP contribution in [0.5, 0.6) is 5.75 Å². The van der Waals surface area contributed by atoms with Crippen molar-refractivity contribution >= 4 is 15.9 Å². The minimum absolute atomic E-state index is 0.177. The highest BCUT2D eigenvalue weighted by atomic mass is 79.9. The first-order valence-corrected chi connectivity index (χ1v) is 7.29. The van der Waals surface area contributed by atoms with E-state index >= 15 is 0 Å². The largest absolute Gasteiger partial charge is 0.496 e. The third kappa shape index (κ3) is 3.80. The lowest BCUT2D eigenvalue weighted by Gasteiger charge is -2.20. The van der Waals surface area contributed by atoms with Gasteiger partial charge in [0.25, 0.3) is 0 Å². The highest BCUT2D eigenvalue weighted by Crippen LogP contribution is 2.30. The Morgan fingerprint density at radius 3 is 2.62 bits per heavy atom. The van der Waals surface area contributed by atoms with Gasteiger partial charge in [-0.15, -0.1) is 0 Å². The molecule has 0 bridgehead atoms. The van der Waals surface area contributed by atoms with Gasteiger partial charge in [0.2, 0.25) is 0 Å². The summed E-state index contributed by atoms with van der Waals surface area (Å²) in [4.78, 5) is 0. The van der Waals surface area contributed by atoms with Crippen molar-refractivity contribution in [1.82, 2.24) is 5.32 Å². The van der Waals surface area contributed by atoms with E-state index in [9.17, 15) is 8.78 Å². The van der Waals surface area contributed by atoms with Gasteiger partial charge in [-0.05, 0) is 49.4 Å². The molecular weight excluding hydrogens is 340 g/mol. The Kier molecular flexibility index (Phi) is 5.31. The van der Waals surface area contributed by atoms with Crippen molar-refractivity contribution in [1.29, 1.82) is 0 Å². The Hall–Kier alpha value is -1.46. The van der Waals surface area contributed by atoms with Gasteiger partial charge in [-0.2, -0.15) is 0 Å². The van der Waals surface area contributed by atoms with E-state index < -0.39 is 11.6 Å². The van der Waals surface area contributed by atoms with Crippen LogP contribution in [0.2, 0.25) is 0 Å². The number of rotatable bonds is 5. The Bertz CT molecular complexity index is 634. The van der Waals surface area contributed by atoms with Crippen LogP contribution in [-0.4, -0.2) is 14.2 Å². The number of halogens is 3. The molecule has 0 aromatic heterocycles. The molecule has 0 amide bonds. The van der Waals surface area contributed by atoms with E-state index in [0.29, 0.717) is 17.7 Å². The van der Waals surface area contributed by atoms with Crippen LogP contribution < -0.4 is 10.1 Å². The second-order valence-corrected chi connectivity index (χ2v) is 5.58. The van der Waals surface area contributed by atoms with Gasteiger partial charge >= 0.3 is 0 Å². The maximum Gasteiger partial charge on any atom is 0.126 e. The molecule has 1 unspecified atom stereocenters. The van der Waals surface area contributed by atoms with E-state index in [1.165, 1.54) is 6.07 Å². The lowest BCUT2D eigenvalue weighted by Crippen LogP contribution is -2.20. The molecule has 0 aliphatic heterocycles. The third-order valence-corrected chi connectivity index (χ3v) is 3.84. The number of hydrogen-bond acceptors (Lipinski definition) is 2. The van der Waals surface area contributed by atoms with E-state index in [1.807, 2.05) is 18.2 Å². The second kappa shape index (κ2) is 7.00. The lowest BCUT2D eigenvalue weighted by molar-refractivity contribution is 0.400. The number of benzene rings is 2. The minimum Gasteiger partial charge on any atom is -0.496 e. The fourth-order valence-corrected chi connectivity index (χ4v) is 2.60. The normalized spacial score (nSPS) is 12.2. The Morgan fingerprint density at radius 1 is 1.19 bits per heavy atom. The van der Waals surface area contributed by atoms with Crippen LogP contribution in [0.3, 0.4) is 0 Å². The van der Waals surface area contributed by atoms with E-state index in [4.69, 9.17) is 4.74 Å². The van der Waals surface area contributed by atoms with E-state index in [2.05, 4.69) is 21.2 Å². The van der Waals surface area contributed by atoms with Gasteiger partial charge in [0, 0.05) is 16.1 Å². The van der Waals surface area contributed by atoms with Crippen molar-refractivity contribution < 1.29 is 13.5 Å². The highest BCUT2D eigenvalue weighted by Gasteiger charge is 2.17. The second-order valence-electron chi connectivity index (χ2n) is 4.67. The molecule has 2 nitrogen and oxygen atoms in total. The summed E-state index contributed by atoms with van der Waals surface area (Å²) in [6.07, 6.45) is 0.331. The summed E-state index contributed by atoms with van der Waals surface area (Å²) < 4.78 is 33.3. The first kappa shape index (κ1) is 15.9. The predicted molar refractivity (Wildman–Crippen MR) is 82.6 cm³/mol. The van der Waals surface area contributed by atoms with Crippen molar-refractivity contribution in [3.63, 3.8) is 0 Å². The molecule has 0 radical (unpaired) electrons. The molecule has 1 N–H and O–H groups in total. The predicted octanol–water partition coefficient (Wildman–Crippen LogP) is 4.24.